The molecule has 0 saturated carbocycles. The summed E-state index contributed by atoms with van der Waals surface area (Å²) in [6.07, 6.45) is 1.92. The van der Waals surface area contributed by atoms with Gasteiger partial charge in [-0.3, -0.25) is 14.4 Å². The fourth-order valence-electron chi connectivity index (χ4n) is 5.90. The van der Waals surface area contributed by atoms with Crippen LogP contribution in [-0.2, 0) is 19.8 Å². The van der Waals surface area contributed by atoms with E-state index in [2.05, 4.69) is 68.5 Å². The summed E-state index contributed by atoms with van der Waals surface area (Å²) < 4.78 is 0. The molecule has 1 aliphatic heterocycles. The van der Waals surface area contributed by atoms with Gasteiger partial charge in [0.05, 0.1) is 12.1 Å². The molecule has 42 heavy (non-hydrogen) atoms. The van der Waals surface area contributed by atoms with Crippen molar-refractivity contribution in [3.05, 3.63) is 46.5 Å². The molecule has 1 heterocycles. The molecule has 8 nitrogen and oxygen atoms in total. The molecule has 1 aliphatic rings. The second-order valence-electron chi connectivity index (χ2n) is 14.3. The first-order chi connectivity index (χ1) is 19.3. The summed E-state index contributed by atoms with van der Waals surface area (Å²) in [5, 5.41) is 6.35. The lowest BCUT2D eigenvalue weighted by atomic mass is 9.76. The van der Waals surface area contributed by atoms with Crippen molar-refractivity contribution in [2.75, 3.05) is 47.3 Å². The summed E-state index contributed by atoms with van der Waals surface area (Å²) in [5.74, 6) is -0.314. The molecule has 1 saturated heterocycles. The maximum Gasteiger partial charge on any atom is 0.249 e. The van der Waals surface area contributed by atoms with Crippen molar-refractivity contribution < 1.29 is 14.4 Å². The van der Waals surface area contributed by atoms with Gasteiger partial charge in [-0.1, -0.05) is 83.9 Å². The van der Waals surface area contributed by atoms with Crippen LogP contribution in [0.25, 0.3) is 0 Å². The van der Waals surface area contributed by atoms with E-state index in [0.29, 0.717) is 18.7 Å². The van der Waals surface area contributed by atoms with Gasteiger partial charge < -0.3 is 25.3 Å². The predicted octanol–water partition coefficient (Wildman–Crippen LogP) is 3.90. The Morgan fingerprint density at radius 1 is 0.929 bits per heavy atom. The molecular formula is C34H57N5O3. The van der Waals surface area contributed by atoms with Gasteiger partial charge in [-0.2, -0.15) is 0 Å². The number of likely N-dealkylation sites (N-methyl/N-ethyl adjacent to an activating group) is 3. The smallest absolute Gasteiger partial charge is 0.249 e. The Morgan fingerprint density at radius 3 is 1.90 bits per heavy atom. The summed E-state index contributed by atoms with van der Waals surface area (Å²) in [7, 11) is 5.62. The normalized spacial score (nSPS) is 17.6. The minimum absolute atomic E-state index is 0.0146. The molecule has 0 radical (unpaired) electrons. The molecule has 3 amide bonds. The van der Waals surface area contributed by atoms with Gasteiger partial charge in [0.15, 0.2) is 0 Å². The van der Waals surface area contributed by atoms with Crippen molar-refractivity contribution in [1.82, 2.24) is 25.3 Å². The van der Waals surface area contributed by atoms with E-state index in [0.717, 1.165) is 29.8 Å². The molecule has 0 aliphatic carbocycles. The van der Waals surface area contributed by atoms with Crippen molar-refractivity contribution in [2.45, 2.75) is 92.8 Å². The maximum atomic E-state index is 14.1. The number of aryl methyl sites for hydroxylation is 2. The molecule has 0 unspecified atom stereocenters. The SMILES string of the molecule is CN[C@H](C(=O)N[C@H](C(=O)N(C)[C@H](C=C(C)C(=O)N1CCN(C)CC1)C(C)C)C(C)(C)C)C(C)(C)c1cc(C)cc(C)c1. The van der Waals surface area contributed by atoms with Crippen LogP contribution < -0.4 is 10.6 Å². The van der Waals surface area contributed by atoms with Crippen LogP contribution in [0.3, 0.4) is 0 Å². The Balaban J connectivity index is 2.33. The van der Waals surface area contributed by atoms with E-state index in [1.807, 2.05) is 52.5 Å². The third-order valence-corrected chi connectivity index (χ3v) is 8.66. The van der Waals surface area contributed by atoms with Crippen LogP contribution in [0.5, 0.6) is 0 Å². The highest BCUT2D eigenvalue weighted by Crippen LogP contribution is 2.30. The fraction of sp³-hybridized carbons (Fsp3) is 0.676. The lowest BCUT2D eigenvalue weighted by Crippen LogP contribution is -2.61. The van der Waals surface area contributed by atoms with Crippen LogP contribution in [-0.4, -0.2) is 97.9 Å². The minimum Gasteiger partial charge on any atom is -0.342 e. The molecule has 3 atom stereocenters. The van der Waals surface area contributed by atoms with Gasteiger partial charge in [0, 0.05) is 44.2 Å². The summed E-state index contributed by atoms with van der Waals surface area (Å²) in [6.45, 7) is 23.2. The number of amides is 3. The first-order valence-electron chi connectivity index (χ1n) is 15.3. The van der Waals surface area contributed by atoms with E-state index in [1.165, 1.54) is 0 Å². The number of hydrogen-bond donors (Lipinski definition) is 2. The molecule has 0 spiro atoms. The largest absolute Gasteiger partial charge is 0.342 e. The Labute approximate surface area is 255 Å². The number of carbonyl (C=O) groups excluding carboxylic acids is 3. The molecule has 1 fully saturated rings. The lowest BCUT2D eigenvalue weighted by Gasteiger charge is -2.40. The van der Waals surface area contributed by atoms with Crippen LogP contribution in [0.2, 0.25) is 0 Å². The molecule has 0 bridgehead atoms. The first kappa shape index (κ1) is 35.5. The Morgan fingerprint density at radius 2 is 1.45 bits per heavy atom. The van der Waals surface area contributed by atoms with Gasteiger partial charge in [0.2, 0.25) is 17.7 Å². The van der Waals surface area contributed by atoms with Crippen molar-refractivity contribution in [3.63, 3.8) is 0 Å². The van der Waals surface area contributed by atoms with E-state index in [-0.39, 0.29) is 29.7 Å². The number of nitrogens with one attached hydrogen (secondary N) is 2. The molecule has 8 heteroatoms. The summed E-state index contributed by atoms with van der Waals surface area (Å²) >= 11 is 0. The number of carbonyl (C=O) groups is 3. The number of benzene rings is 1. The molecule has 1 aromatic carbocycles. The van der Waals surface area contributed by atoms with Crippen molar-refractivity contribution in [2.24, 2.45) is 11.3 Å². The van der Waals surface area contributed by atoms with Gasteiger partial charge in [0.1, 0.15) is 6.04 Å². The third kappa shape index (κ3) is 8.66. The van der Waals surface area contributed by atoms with Crippen LogP contribution in [0.1, 0.15) is 72.1 Å². The highest BCUT2D eigenvalue weighted by Gasteiger charge is 2.41. The zero-order chi connectivity index (χ0) is 32.2. The van der Waals surface area contributed by atoms with Crippen molar-refractivity contribution in [3.8, 4) is 0 Å². The molecule has 0 aromatic heterocycles. The standard InChI is InChI=1S/C34H57N5O3/c1-22(2)27(21-25(5)31(41)39-16-14-37(12)15-17-39)38(13)32(42)29(33(6,7)8)36-30(40)28(35-11)34(9,10)26-19-23(3)18-24(4)20-26/h18-22,27-29,35H,14-17H2,1-13H3,(H,36,40)/t27-,28-,29-/m1/s1. The third-order valence-electron chi connectivity index (χ3n) is 8.66. The van der Waals surface area contributed by atoms with Gasteiger partial charge in [-0.15, -0.1) is 0 Å². The fourth-order valence-corrected chi connectivity index (χ4v) is 5.90. The molecule has 1 aromatic rings. The number of hydrogen-bond acceptors (Lipinski definition) is 5. The van der Waals surface area contributed by atoms with E-state index in [1.54, 1.807) is 19.0 Å². The first-order valence-corrected chi connectivity index (χ1v) is 15.3. The van der Waals surface area contributed by atoms with Crippen LogP contribution in [0.4, 0.5) is 0 Å². The second kappa shape index (κ2) is 14.2. The molecular weight excluding hydrogens is 526 g/mol. The average Bonchev–Trinajstić information content (AvgIpc) is 2.88. The summed E-state index contributed by atoms with van der Waals surface area (Å²) in [5.41, 5.74) is 2.92. The lowest BCUT2D eigenvalue weighted by molar-refractivity contribution is -0.141. The highest BCUT2D eigenvalue weighted by molar-refractivity contribution is 5.94. The summed E-state index contributed by atoms with van der Waals surface area (Å²) in [4.78, 5) is 47.1. The van der Waals surface area contributed by atoms with E-state index in [4.69, 9.17) is 0 Å². The Hall–Kier alpha value is -2.71. The van der Waals surface area contributed by atoms with E-state index < -0.39 is 22.9 Å². The van der Waals surface area contributed by atoms with Gasteiger partial charge in [-0.05, 0) is 51.8 Å². The summed E-state index contributed by atoms with van der Waals surface area (Å²) in [6, 6.07) is 4.74. The van der Waals surface area contributed by atoms with Gasteiger partial charge in [-0.25, -0.2) is 0 Å². The van der Waals surface area contributed by atoms with Crippen LogP contribution >= 0.6 is 0 Å². The van der Waals surface area contributed by atoms with Gasteiger partial charge >= 0.3 is 0 Å². The maximum absolute atomic E-state index is 14.1. The van der Waals surface area contributed by atoms with E-state index in [9.17, 15) is 14.4 Å². The molecule has 2 rings (SSSR count). The number of rotatable bonds is 10. The molecule has 2 N–H and O–H groups in total. The number of nitrogens with zero attached hydrogens (tertiary/aromatic N) is 3. The van der Waals surface area contributed by atoms with Crippen LogP contribution in [0, 0.1) is 25.2 Å². The Bertz CT molecular complexity index is 1120. The minimum atomic E-state index is -0.760. The van der Waals surface area contributed by atoms with Crippen LogP contribution in [0.15, 0.2) is 29.8 Å². The quantitative estimate of drug-likeness (QED) is 0.408. The molecule has 236 valence electrons. The highest BCUT2D eigenvalue weighted by atomic mass is 16.2. The van der Waals surface area contributed by atoms with Crippen molar-refractivity contribution in [1.29, 1.82) is 0 Å². The second-order valence-corrected chi connectivity index (χ2v) is 14.3. The van der Waals surface area contributed by atoms with Crippen molar-refractivity contribution >= 4 is 17.7 Å². The predicted molar refractivity (Wildman–Crippen MR) is 172 cm³/mol. The van der Waals surface area contributed by atoms with Gasteiger partial charge in [0.25, 0.3) is 0 Å². The zero-order valence-corrected chi connectivity index (χ0v) is 28.5. The zero-order valence-electron chi connectivity index (χ0n) is 28.5. The topological polar surface area (TPSA) is 85.0 Å². The monoisotopic (exact) mass is 583 g/mol. The number of piperazine rings is 1. The Kier molecular flexibility index (Phi) is 12.0. The van der Waals surface area contributed by atoms with E-state index >= 15 is 0 Å². The average molecular weight is 584 g/mol.